The number of nitrogens with one attached hydrogen (secondary N) is 1. The van der Waals surface area contributed by atoms with Crippen LogP contribution < -0.4 is 5.32 Å². The van der Waals surface area contributed by atoms with Gasteiger partial charge < -0.3 is 14.6 Å². The highest BCUT2D eigenvalue weighted by atomic mass is 16.5. The molecule has 1 N–H and O–H groups in total. The number of nitrogens with zero attached hydrogens (tertiary/aromatic N) is 3. The van der Waals surface area contributed by atoms with Crippen LogP contribution in [0.4, 0.5) is 0 Å². The molecular formula is C14H26N4O. The average molecular weight is 266 g/mol. The molecule has 0 saturated carbocycles. The molecule has 1 aliphatic rings. The Morgan fingerprint density at radius 2 is 2.32 bits per heavy atom. The maximum Gasteiger partial charge on any atom is 0.110 e. The van der Waals surface area contributed by atoms with E-state index in [0.717, 1.165) is 45.0 Å². The van der Waals surface area contributed by atoms with E-state index in [9.17, 15) is 0 Å². The Morgan fingerprint density at radius 1 is 1.47 bits per heavy atom. The molecule has 5 heteroatoms. The summed E-state index contributed by atoms with van der Waals surface area (Å²) in [5.74, 6) is 1.14. The first-order chi connectivity index (χ1) is 9.28. The second-order valence-corrected chi connectivity index (χ2v) is 5.03. The van der Waals surface area contributed by atoms with Gasteiger partial charge in [0.25, 0.3) is 0 Å². The molecule has 1 aromatic heterocycles. The Hall–Kier alpha value is -0.910. The maximum atomic E-state index is 5.94. The summed E-state index contributed by atoms with van der Waals surface area (Å²) in [5, 5.41) is 3.40. The lowest BCUT2D eigenvalue weighted by Gasteiger charge is -2.36. The molecule has 5 nitrogen and oxygen atoms in total. The van der Waals surface area contributed by atoms with Gasteiger partial charge in [0.1, 0.15) is 5.82 Å². The van der Waals surface area contributed by atoms with Crippen LogP contribution >= 0.6 is 0 Å². The fraction of sp³-hybridized carbons (Fsp3) is 0.786. The number of morpholine rings is 1. The van der Waals surface area contributed by atoms with Crippen molar-refractivity contribution in [3.63, 3.8) is 0 Å². The van der Waals surface area contributed by atoms with E-state index in [4.69, 9.17) is 4.74 Å². The van der Waals surface area contributed by atoms with E-state index in [0.29, 0.717) is 6.04 Å². The minimum absolute atomic E-state index is 0.251. The highest BCUT2D eigenvalue weighted by molar-refractivity contribution is 4.98. The highest BCUT2D eigenvalue weighted by Gasteiger charge is 2.27. The Balaban J connectivity index is 1.99. The van der Waals surface area contributed by atoms with Crippen LogP contribution in [0.25, 0.3) is 0 Å². The molecule has 0 amide bonds. The first-order valence-electron chi connectivity index (χ1n) is 7.29. The summed E-state index contributed by atoms with van der Waals surface area (Å²) in [7, 11) is 2.01. The summed E-state index contributed by atoms with van der Waals surface area (Å²) in [4.78, 5) is 6.91. The van der Waals surface area contributed by atoms with E-state index < -0.39 is 0 Å². The second-order valence-electron chi connectivity index (χ2n) is 5.03. The molecule has 0 aromatic carbocycles. The van der Waals surface area contributed by atoms with Gasteiger partial charge in [-0.2, -0.15) is 0 Å². The summed E-state index contributed by atoms with van der Waals surface area (Å²) < 4.78 is 8.14. The quantitative estimate of drug-likeness (QED) is 0.825. The van der Waals surface area contributed by atoms with Gasteiger partial charge in [-0.25, -0.2) is 4.98 Å². The molecule has 2 heterocycles. The van der Waals surface area contributed by atoms with Gasteiger partial charge in [0.2, 0.25) is 0 Å². The van der Waals surface area contributed by atoms with Crippen LogP contribution in [0.5, 0.6) is 0 Å². The van der Waals surface area contributed by atoms with E-state index in [-0.39, 0.29) is 6.10 Å². The SMILES string of the molecule is CCN1CCOC(C(Cc2nccn2CC)NC)C1. The van der Waals surface area contributed by atoms with Gasteiger partial charge in [-0.1, -0.05) is 6.92 Å². The van der Waals surface area contributed by atoms with Crippen LogP contribution in [0.1, 0.15) is 19.7 Å². The summed E-state index contributed by atoms with van der Waals surface area (Å²) in [6.07, 6.45) is 5.09. The highest BCUT2D eigenvalue weighted by Crippen LogP contribution is 2.12. The summed E-state index contributed by atoms with van der Waals surface area (Å²) in [5.41, 5.74) is 0. The van der Waals surface area contributed by atoms with Gasteiger partial charge >= 0.3 is 0 Å². The molecule has 1 aliphatic heterocycles. The molecule has 2 unspecified atom stereocenters. The van der Waals surface area contributed by atoms with Crippen molar-refractivity contribution in [2.24, 2.45) is 0 Å². The van der Waals surface area contributed by atoms with Crippen LogP contribution in [0.15, 0.2) is 12.4 Å². The number of aromatic nitrogens is 2. The maximum absolute atomic E-state index is 5.94. The van der Waals surface area contributed by atoms with Crippen molar-refractivity contribution in [3.8, 4) is 0 Å². The Labute approximate surface area is 116 Å². The molecule has 108 valence electrons. The predicted octanol–water partition coefficient (Wildman–Crippen LogP) is 0.754. The van der Waals surface area contributed by atoms with Crippen molar-refractivity contribution in [1.29, 1.82) is 0 Å². The fourth-order valence-electron chi connectivity index (χ4n) is 2.70. The average Bonchev–Trinajstić information content (AvgIpc) is 2.92. The zero-order valence-corrected chi connectivity index (χ0v) is 12.3. The molecule has 1 fully saturated rings. The zero-order valence-electron chi connectivity index (χ0n) is 12.3. The number of ether oxygens (including phenoxy) is 1. The molecule has 0 bridgehead atoms. The lowest BCUT2D eigenvalue weighted by Crippen LogP contribution is -2.52. The minimum Gasteiger partial charge on any atom is -0.374 e. The minimum atomic E-state index is 0.251. The van der Waals surface area contributed by atoms with Crippen molar-refractivity contribution >= 4 is 0 Å². The second kappa shape index (κ2) is 7.03. The van der Waals surface area contributed by atoms with E-state index in [1.165, 1.54) is 0 Å². The summed E-state index contributed by atoms with van der Waals surface area (Å²) in [6.45, 7) is 9.31. The van der Waals surface area contributed by atoms with Crippen molar-refractivity contribution in [3.05, 3.63) is 18.2 Å². The van der Waals surface area contributed by atoms with Gasteiger partial charge in [0.15, 0.2) is 0 Å². The first kappa shape index (κ1) is 14.5. The van der Waals surface area contributed by atoms with Gasteiger partial charge in [0, 0.05) is 44.5 Å². The number of likely N-dealkylation sites (N-methyl/N-ethyl adjacent to an activating group) is 2. The number of imidazole rings is 1. The Bertz CT molecular complexity index is 379. The van der Waals surface area contributed by atoms with Gasteiger partial charge in [-0.05, 0) is 20.5 Å². The lowest BCUT2D eigenvalue weighted by atomic mass is 10.1. The van der Waals surface area contributed by atoms with Crippen LogP contribution in [0.2, 0.25) is 0 Å². The lowest BCUT2D eigenvalue weighted by molar-refractivity contribution is -0.0439. The molecule has 2 rings (SSSR count). The molecule has 1 aromatic rings. The van der Waals surface area contributed by atoms with Crippen LogP contribution in [-0.4, -0.2) is 59.9 Å². The molecule has 2 atom stereocenters. The summed E-state index contributed by atoms with van der Waals surface area (Å²) >= 11 is 0. The van der Waals surface area contributed by atoms with E-state index in [1.807, 2.05) is 19.4 Å². The first-order valence-corrected chi connectivity index (χ1v) is 7.29. The number of rotatable bonds is 6. The standard InChI is InChI=1S/C14H26N4O/c1-4-17-8-9-19-13(11-17)12(15-3)10-14-16-6-7-18(14)5-2/h6-7,12-13,15H,4-5,8-11H2,1-3H3. The number of aryl methyl sites for hydroxylation is 1. The number of hydrogen-bond acceptors (Lipinski definition) is 4. The van der Waals surface area contributed by atoms with Crippen LogP contribution in [-0.2, 0) is 17.7 Å². The normalized spacial score (nSPS) is 22.6. The third kappa shape index (κ3) is 3.55. The van der Waals surface area contributed by atoms with Crippen molar-refractivity contribution in [2.75, 3.05) is 33.3 Å². The third-order valence-electron chi connectivity index (χ3n) is 3.99. The van der Waals surface area contributed by atoms with E-state index in [2.05, 4.69) is 33.6 Å². The molecule has 0 radical (unpaired) electrons. The van der Waals surface area contributed by atoms with Crippen molar-refractivity contribution in [2.45, 2.75) is 39.0 Å². The molecule has 0 aliphatic carbocycles. The topological polar surface area (TPSA) is 42.3 Å². The molecule has 19 heavy (non-hydrogen) atoms. The third-order valence-corrected chi connectivity index (χ3v) is 3.99. The molecular weight excluding hydrogens is 240 g/mol. The zero-order chi connectivity index (χ0) is 13.7. The fourth-order valence-corrected chi connectivity index (χ4v) is 2.70. The molecule has 1 saturated heterocycles. The van der Waals surface area contributed by atoms with Gasteiger partial charge in [0.05, 0.1) is 12.7 Å². The van der Waals surface area contributed by atoms with Crippen LogP contribution in [0.3, 0.4) is 0 Å². The Morgan fingerprint density at radius 3 is 3.00 bits per heavy atom. The van der Waals surface area contributed by atoms with Crippen molar-refractivity contribution < 1.29 is 4.74 Å². The van der Waals surface area contributed by atoms with E-state index in [1.54, 1.807) is 0 Å². The smallest absolute Gasteiger partial charge is 0.110 e. The number of hydrogen-bond donors (Lipinski definition) is 1. The molecule has 0 spiro atoms. The van der Waals surface area contributed by atoms with E-state index >= 15 is 0 Å². The Kier molecular flexibility index (Phi) is 5.36. The van der Waals surface area contributed by atoms with Crippen LogP contribution in [0, 0.1) is 0 Å². The van der Waals surface area contributed by atoms with Gasteiger partial charge in [-0.15, -0.1) is 0 Å². The predicted molar refractivity (Wildman–Crippen MR) is 76.3 cm³/mol. The largest absolute Gasteiger partial charge is 0.374 e. The van der Waals surface area contributed by atoms with Gasteiger partial charge in [-0.3, -0.25) is 4.90 Å². The summed E-state index contributed by atoms with van der Waals surface area (Å²) in [6, 6.07) is 0.321. The monoisotopic (exact) mass is 266 g/mol. The van der Waals surface area contributed by atoms with Crippen molar-refractivity contribution in [1.82, 2.24) is 19.8 Å².